The van der Waals surface area contributed by atoms with Gasteiger partial charge in [-0.3, -0.25) is 14.4 Å². The number of ether oxygens (including phenoxy) is 3. The van der Waals surface area contributed by atoms with Crippen LogP contribution >= 0.6 is 0 Å². The van der Waals surface area contributed by atoms with Gasteiger partial charge in [0.15, 0.2) is 6.10 Å². The molecule has 1 unspecified atom stereocenters. The molecule has 0 aliphatic heterocycles. The minimum absolute atomic E-state index is 0.154. The molecular weight excluding hydrogens is 1020 g/mol. The zero-order valence-corrected chi connectivity index (χ0v) is 52.1. The van der Waals surface area contributed by atoms with Gasteiger partial charge < -0.3 is 14.2 Å². The third-order valence-corrected chi connectivity index (χ3v) is 12.2. The van der Waals surface area contributed by atoms with Crippen molar-refractivity contribution in [2.24, 2.45) is 0 Å². The summed E-state index contributed by atoms with van der Waals surface area (Å²) in [5, 5.41) is 0. The average molecular weight is 1130 g/mol. The van der Waals surface area contributed by atoms with E-state index in [9.17, 15) is 14.4 Å². The van der Waals surface area contributed by atoms with E-state index in [1.165, 1.54) is 0 Å². The molecule has 0 N–H and O–H groups in total. The van der Waals surface area contributed by atoms with Crippen LogP contribution in [0.15, 0.2) is 231 Å². The number of carbonyl (C=O) groups is 3. The Balaban J connectivity index is 4.63. The number of allylic oxidation sites excluding steroid dienone is 38. The molecule has 0 spiro atoms. The molecular formula is C77H112O6. The number of hydrogen-bond acceptors (Lipinski definition) is 6. The van der Waals surface area contributed by atoms with Gasteiger partial charge in [0, 0.05) is 19.3 Å². The molecule has 0 aromatic heterocycles. The van der Waals surface area contributed by atoms with Crippen molar-refractivity contribution in [3.8, 4) is 0 Å². The molecule has 0 heterocycles. The maximum absolute atomic E-state index is 12.9. The van der Waals surface area contributed by atoms with Crippen molar-refractivity contribution in [2.75, 3.05) is 13.2 Å². The molecule has 0 amide bonds. The molecule has 0 rings (SSSR count). The van der Waals surface area contributed by atoms with E-state index >= 15 is 0 Å². The van der Waals surface area contributed by atoms with E-state index in [1.807, 2.05) is 12.2 Å². The summed E-state index contributed by atoms with van der Waals surface area (Å²) in [6.45, 7) is 6.14. The van der Waals surface area contributed by atoms with Crippen molar-refractivity contribution in [2.45, 2.75) is 219 Å². The standard InChI is InChI=1S/C77H112O6/c1-4-7-10-13-16-19-22-25-28-31-33-34-35-36-37-38-39-40-41-42-44-46-49-52-55-58-61-64-67-70-76(79)82-73-74(72-81-75(78)69-66-63-60-57-54-51-48-45-30-27-24-21-18-15-12-9-6-3)83-77(80)71-68-65-62-59-56-53-50-47-43-32-29-26-23-20-17-14-11-8-5-2/h7-12,16-21,25-30,33-34,36-37,39-40,42-44,47-49,51-53,56-57,60,62,65,74H,4-6,13-15,22-24,31-32,35,38,41,45-46,50,54-55,58-59,61,63-64,66-73H2,1-3H3/b10-7-,11-8-,12-9-,19-16-,20-17-,21-18-,28-25-,29-26-,30-27-,34-33-,37-36-,40-39-,44-42-,47-43-,51-48-,52-49-,56-53-,60-57-,65-62-. The van der Waals surface area contributed by atoms with Crippen molar-refractivity contribution in [1.29, 1.82) is 0 Å². The van der Waals surface area contributed by atoms with Gasteiger partial charge in [-0.15, -0.1) is 0 Å². The zero-order valence-electron chi connectivity index (χ0n) is 52.1. The van der Waals surface area contributed by atoms with Crippen LogP contribution in [-0.2, 0) is 28.6 Å². The van der Waals surface area contributed by atoms with Crippen LogP contribution in [0.4, 0.5) is 0 Å². The van der Waals surface area contributed by atoms with Gasteiger partial charge in [-0.05, 0) is 161 Å². The highest BCUT2D eigenvalue weighted by Gasteiger charge is 2.19. The predicted molar refractivity (Wildman–Crippen MR) is 361 cm³/mol. The van der Waals surface area contributed by atoms with Crippen molar-refractivity contribution in [1.82, 2.24) is 0 Å². The van der Waals surface area contributed by atoms with Crippen molar-refractivity contribution in [3.63, 3.8) is 0 Å². The Kier molecular flexibility index (Phi) is 62.6. The van der Waals surface area contributed by atoms with Crippen molar-refractivity contribution >= 4 is 17.9 Å². The lowest BCUT2D eigenvalue weighted by Crippen LogP contribution is -2.30. The molecule has 0 aliphatic carbocycles. The van der Waals surface area contributed by atoms with E-state index in [0.29, 0.717) is 12.8 Å². The van der Waals surface area contributed by atoms with Gasteiger partial charge in [0.2, 0.25) is 0 Å². The number of hydrogen-bond donors (Lipinski definition) is 0. The summed E-state index contributed by atoms with van der Waals surface area (Å²) in [6, 6.07) is 0. The summed E-state index contributed by atoms with van der Waals surface area (Å²) in [5.74, 6) is -1.14. The van der Waals surface area contributed by atoms with Crippen molar-refractivity contribution in [3.05, 3.63) is 231 Å². The van der Waals surface area contributed by atoms with Gasteiger partial charge >= 0.3 is 17.9 Å². The fourth-order valence-electron chi connectivity index (χ4n) is 7.52. The second-order valence-electron chi connectivity index (χ2n) is 19.8. The first-order valence-corrected chi connectivity index (χ1v) is 31.9. The van der Waals surface area contributed by atoms with Gasteiger partial charge in [-0.2, -0.15) is 0 Å². The minimum atomic E-state index is -0.870. The molecule has 0 aromatic rings. The third kappa shape index (κ3) is 66.2. The SMILES string of the molecule is CC/C=C\C/C=C\C/C=C\C/C=C\C/C=C\C/C=C\C/C=C\C/C=C\CCCCCCC(=O)OCC(COC(=O)CCC/C=C\C/C=C\C/C=C\C/C=C\C/C=C\CC)OC(=O)CC/C=C\C/C=C\C/C=C\C/C=C\C/C=C\C/C=C\CC. The Morgan fingerprint density at radius 3 is 0.759 bits per heavy atom. The van der Waals surface area contributed by atoms with Crippen LogP contribution in [0.2, 0.25) is 0 Å². The maximum atomic E-state index is 12.9. The Morgan fingerprint density at radius 1 is 0.241 bits per heavy atom. The summed E-state index contributed by atoms with van der Waals surface area (Å²) < 4.78 is 16.8. The van der Waals surface area contributed by atoms with Gasteiger partial charge in [-0.1, -0.05) is 265 Å². The summed E-state index contributed by atoms with van der Waals surface area (Å²) >= 11 is 0. The number of esters is 3. The Hall–Kier alpha value is -6.53. The molecule has 6 heteroatoms. The summed E-state index contributed by atoms with van der Waals surface area (Å²) in [7, 11) is 0. The van der Waals surface area contributed by atoms with Crippen LogP contribution < -0.4 is 0 Å². The largest absolute Gasteiger partial charge is 0.462 e. The van der Waals surface area contributed by atoms with Gasteiger partial charge in [0.05, 0.1) is 0 Å². The van der Waals surface area contributed by atoms with E-state index in [4.69, 9.17) is 14.2 Å². The number of unbranched alkanes of at least 4 members (excludes halogenated alkanes) is 5. The zero-order chi connectivity index (χ0) is 59.9. The van der Waals surface area contributed by atoms with Crippen molar-refractivity contribution < 1.29 is 28.6 Å². The summed E-state index contributed by atoms with van der Waals surface area (Å²) in [6.07, 6.45) is 108. The van der Waals surface area contributed by atoms with Gasteiger partial charge in [-0.25, -0.2) is 0 Å². The lowest BCUT2D eigenvalue weighted by molar-refractivity contribution is -0.166. The maximum Gasteiger partial charge on any atom is 0.306 e. The molecule has 0 aromatic carbocycles. The van der Waals surface area contributed by atoms with Crippen LogP contribution in [0, 0.1) is 0 Å². The highest BCUT2D eigenvalue weighted by Crippen LogP contribution is 2.10. The summed E-state index contributed by atoms with van der Waals surface area (Å²) in [4.78, 5) is 38.3. The minimum Gasteiger partial charge on any atom is -0.462 e. The Bertz CT molecular complexity index is 2130. The Labute approximate surface area is 507 Å². The highest BCUT2D eigenvalue weighted by atomic mass is 16.6. The quantitative estimate of drug-likeness (QED) is 0.0261. The second kappa shape index (κ2) is 68.0. The second-order valence-corrected chi connectivity index (χ2v) is 19.8. The van der Waals surface area contributed by atoms with Crippen LogP contribution in [0.3, 0.4) is 0 Å². The van der Waals surface area contributed by atoms with Gasteiger partial charge in [0.25, 0.3) is 0 Å². The molecule has 83 heavy (non-hydrogen) atoms. The van der Waals surface area contributed by atoms with Gasteiger partial charge in [0.1, 0.15) is 13.2 Å². The normalized spacial score (nSPS) is 13.7. The van der Waals surface area contributed by atoms with E-state index in [0.717, 1.165) is 161 Å². The van der Waals surface area contributed by atoms with Crippen LogP contribution in [0.25, 0.3) is 0 Å². The first-order valence-electron chi connectivity index (χ1n) is 31.9. The molecule has 0 aliphatic rings. The average Bonchev–Trinajstić information content (AvgIpc) is 3.49. The lowest BCUT2D eigenvalue weighted by Gasteiger charge is -2.18. The molecule has 0 saturated carbocycles. The van der Waals surface area contributed by atoms with Crippen LogP contribution in [0.5, 0.6) is 0 Å². The monoisotopic (exact) mass is 1130 g/mol. The number of rotatable bonds is 54. The van der Waals surface area contributed by atoms with Crippen LogP contribution in [-0.4, -0.2) is 37.2 Å². The third-order valence-electron chi connectivity index (χ3n) is 12.2. The fourth-order valence-corrected chi connectivity index (χ4v) is 7.52. The molecule has 0 bridgehead atoms. The molecule has 0 fully saturated rings. The van der Waals surface area contributed by atoms with E-state index in [-0.39, 0.29) is 44.4 Å². The first kappa shape index (κ1) is 76.5. The van der Waals surface area contributed by atoms with Crippen LogP contribution in [0.1, 0.15) is 213 Å². The first-order chi connectivity index (χ1) is 41.0. The lowest BCUT2D eigenvalue weighted by atomic mass is 10.1. The van der Waals surface area contributed by atoms with E-state index in [1.54, 1.807) is 0 Å². The summed E-state index contributed by atoms with van der Waals surface area (Å²) in [5.41, 5.74) is 0. The molecule has 456 valence electrons. The molecule has 1 atom stereocenters. The smallest absolute Gasteiger partial charge is 0.306 e. The molecule has 0 saturated heterocycles. The Morgan fingerprint density at radius 2 is 0.470 bits per heavy atom. The predicted octanol–water partition coefficient (Wildman–Crippen LogP) is 22.3. The fraction of sp³-hybridized carbons (Fsp3) is 0.468. The molecule has 6 nitrogen and oxygen atoms in total. The number of carbonyl (C=O) groups excluding carboxylic acids is 3. The van der Waals surface area contributed by atoms with E-state index < -0.39 is 12.1 Å². The highest BCUT2D eigenvalue weighted by molar-refractivity contribution is 5.71. The molecule has 0 radical (unpaired) electrons. The topological polar surface area (TPSA) is 78.9 Å². The van der Waals surface area contributed by atoms with E-state index in [2.05, 4.69) is 240 Å².